The Morgan fingerprint density at radius 1 is 1.67 bits per heavy atom. The lowest BCUT2D eigenvalue weighted by molar-refractivity contribution is 1.53. The molecule has 0 aromatic rings. The van der Waals surface area contributed by atoms with E-state index in [-0.39, 0.29) is 0 Å². The van der Waals surface area contributed by atoms with Gasteiger partial charge in [0.1, 0.15) is 0 Å². The molecule has 0 N–H and O–H groups in total. The molecule has 0 fully saturated rings. The molecular weight excluding hydrogens is 94.1 g/mol. The second kappa shape index (κ2) is 2.03. The first-order chi connectivity index (χ1) is 3.00. The fourth-order valence-corrected chi connectivity index (χ4v) is 0.783. The topological polar surface area (TPSA) is 12.4 Å². The zero-order chi connectivity index (χ0) is 4.24. The second-order valence-corrected chi connectivity index (χ2v) is 1.79. The fraction of sp³-hybridized carbons (Fsp3) is 0.250. The van der Waals surface area contributed by atoms with E-state index in [1.165, 1.54) is 0 Å². The largest absolute Gasteiger partial charge is 0.239 e. The van der Waals surface area contributed by atoms with Crippen LogP contribution in [0.1, 0.15) is 6.42 Å². The van der Waals surface area contributed by atoms with Crippen LogP contribution in [0.4, 0.5) is 0 Å². The van der Waals surface area contributed by atoms with E-state index in [2.05, 4.69) is 10.5 Å². The first kappa shape index (κ1) is 3.93. The lowest BCUT2D eigenvalue weighted by atomic mass is 10.5. The van der Waals surface area contributed by atoms with Crippen molar-refractivity contribution in [2.24, 2.45) is 4.40 Å². The van der Waals surface area contributed by atoms with Gasteiger partial charge in [-0.05, 0) is 5.41 Å². The van der Waals surface area contributed by atoms with E-state index < -0.39 is 0 Å². The summed E-state index contributed by atoms with van der Waals surface area (Å²) in [6, 6.07) is 0. The molecule has 1 aliphatic rings. The van der Waals surface area contributed by atoms with Crippen molar-refractivity contribution in [2.75, 3.05) is 0 Å². The molecule has 0 aromatic carbocycles. The third kappa shape index (κ3) is 0.863. The predicted octanol–water partition coefficient (Wildman–Crippen LogP) is 1.36. The van der Waals surface area contributed by atoms with Crippen LogP contribution in [0, 0.1) is 0 Å². The molecule has 0 atom stereocenters. The molecule has 0 spiro atoms. The van der Waals surface area contributed by atoms with Crippen molar-refractivity contribution in [1.82, 2.24) is 0 Å². The third-order valence-electron chi connectivity index (χ3n) is 0.562. The van der Waals surface area contributed by atoms with Gasteiger partial charge in [0.15, 0.2) is 0 Å². The smallest absolute Gasteiger partial charge is 0.0155 e. The van der Waals surface area contributed by atoms with Gasteiger partial charge in [0.05, 0.1) is 0 Å². The van der Waals surface area contributed by atoms with Gasteiger partial charge in [0, 0.05) is 12.6 Å². The van der Waals surface area contributed by atoms with Gasteiger partial charge >= 0.3 is 0 Å². The molecule has 33 valence electrons. The molecule has 0 unspecified atom stereocenters. The van der Waals surface area contributed by atoms with Crippen LogP contribution in [0.3, 0.4) is 0 Å². The van der Waals surface area contributed by atoms with Crippen molar-refractivity contribution in [1.29, 1.82) is 0 Å². The van der Waals surface area contributed by atoms with Crippen LogP contribution in [0.15, 0.2) is 15.9 Å². The van der Waals surface area contributed by atoms with Crippen molar-refractivity contribution >= 4 is 18.2 Å². The maximum atomic E-state index is 3.94. The maximum absolute atomic E-state index is 3.94. The molecule has 1 rings (SSSR count). The Kier molecular flexibility index (Phi) is 1.33. The van der Waals surface area contributed by atoms with Crippen LogP contribution in [0.25, 0.3) is 0 Å². The lowest BCUT2D eigenvalue weighted by Crippen LogP contribution is -1.69. The van der Waals surface area contributed by atoms with Crippen molar-refractivity contribution in [3.05, 3.63) is 11.5 Å². The summed E-state index contributed by atoms with van der Waals surface area (Å²) >= 11 is 1.09. The zero-order valence-electron chi connectivity index (χ0n) is 3.33. The molecule has 0 saturated heterocycles. The third-order valence-corrected chi connectivity index (χ3v) is 1.20. The van der Waals surface area contributed by atoms with Crippen LogP contribution in [0.5, 0.6) is 0 Å². The summed E-state index contributed by atoms with van der Waals surface area (Å²) in [5.74, 6) is 0. The summed E-state index contributed by atoms with van der Waals surface area (Å²) in [6.07, 6.45) is 5.04. The van der Waals surface area contributed by atoms with Gasteiger partial charge in [0.25, 0.3) is 0 Å². The molecule has 0 aliphatic carbocycles. The molecule has 1 aliphatic heterocycles. The van der Waals surface area contributed by atoms with Gasteiger partial charge < -0.3 is 0 Å². The van der Waals surface area contributed by atoms with Crippen molar-refractivity contribution in [3.8, 4) is 0 Å². The molecule has 6 heavy (non-hydrogen) atoms. The van der Waals surface area contributed by atoms with Gasteiger partial charge in [-0.1, -0.05) is 18.0 Å². The highest BCUT2D eigenvalue weighted by atomic mass is 32.2. The van der Waals surface area contributed by atoms with E-state index in [1.54, 1.807) is 0 Å². The van der Waals surface area contributed by atoms with Gasteiger partial charge in [-0.15, -0.1) is 0 Å². The molecule has 0 aromatic heterocycles. The Bertz CT molecular complexity index is 65.5. The minimum absolute atomic E-state index is 1.02. The molecule has 2 heteroatoms. The minimum Gasteiger partial charge on any atom is -0.239 e. The van der Waals surface area contributed by atoms with Gasteiger partial charge in [-0.25, -0.2) is 4.40 Å². The first-order valence-corrected chi connectivity index (χ1v) is 2.78. The van der Waals surface area contributed by atoms with Crippen LogP contribution in [-0.2, 0) is 0 Å². The Balaban J connectivity index is 2.40. The van der Waals surface area contributed by atoms with Crippen LogP contribution >= 0.6 is 11.9 Å². The fourth-order valence-electron chi connectivity index (χ4n) is 0.302. The molecule has 0 saturated carbocycles. The summed E-state index contributed by atoms with van der Waals surface area (Å²) in [4.78, 5) is 0. The van der Waals surface area contributed by atoms with Crippen LogP contribution < -0.4 is 0 Å². The normalized spacial score (nSPS) is 18.7. The van der Waals surface area contributed by atoms with E-state index in [1.807, 2.05) is 11.6 Å². The second-order valence-electron chi connectivity index (χ2n) is 1.03. The van der Waals surface area contributed by atoms with Crippen LogP contribution in [0.2, 0.25) is 0 Å². The number of hydrogen-bond donors (Lipinski definition) is 1. The quantitative estimate of drug-likeness (QED) is 0.441. The summed E-state index contributed by atoms with van der Waals surface area (Å²) in [7, 11) is 0. The molecule has 1 heterocycles. The van der Waals surface area contributed by atoms with E-state index in [0.717, 1.165) is 18.4 Å². The Morgan fingerprint density at radius 2 is 2.67 bits per heavy atom. The monoisotopic (exact) mass is 100 g/mol. The van der Waals surface area contributed by atoms with Gasteiger partial charge in [-0.2, -0.15) is 0 Å². The van der Waals surface area contributed by atoms with Crippen molar-refractivity contribution in [3.63, 3.8) is 0 Å². The molecule has 0 amide bonds. The van der Waals surface area contributed by atoms with E-state index in [0.29, 0.717) is 0 Å². The Labute approximate surface area is 41.3 Å². The highest BCUT2D eigenvalue weighted by molar-refractivity contribution is 8.01. The van der Waals surface area contributed by atoms with E-state index >= 15 is 0 Å². The number of allylic oxidation sites excluding steroid dienone is 1. The molecule has 0 bridgehead atoms. The highest BCUT2D eigenvalue weighted by Gasteiger charge is 1.75. The molecule has 1 nitrogen and oxygen atoms in total. The predicted molar refractivity (Wildman–Crippen MR) is 31.2 cm³/mol. The highest BCUT2D eigenvalue weighted by Crippen LogP contribution is 2.06. The van der Waals surface area contributed by atoms with E-state index in [9.17, 15) is 0 Å². The van der Waals surface area contributed by atoms with E-state index in [4.69, 9.17) is 0 Å². The Morgan fingerprint density at radius 3 is 2.83 bits per heavy atom. The minimum atomic E-state index is 1.02. The van der Waals surface area contributed by atoms with Gasteiger partial charge in [-0.3, -0.25) is 0 Å². The Hall–Kier alpha value is -0.240. The summed E-state index contributed by atoms with van der Waals surface area (Å²) in [6.45, 7) is 0. The summed E-state index contributed by atoms with van der Waals surface area (Å²) in [5, 5.41) is 2.04. The SMILES string of the molecule is C1=C[SH]N=CC1. The zero-order valence-corrected chi connectivity index (χ0v) is 4.23. The van der Waals surface area contributed by atoms with Crippen LogP contribution in [-0.4, -0.2) is 6.21 Å². The van der Waals surface area contributed by atoms with Crippen molar-refractivity contribution < 1.29 is 0 Å². The molecule has 1 radical (unpaired) electrons. The number of nitrogens with zero attached hydrogens (tertiary/aromatic N) is 1. The van der Waals surface area contributed by atoms with Gasteiger partial charge in [0.2, 0.25) is 0 Å². The number of thiol groups is 1. The summed E-state index contributed by atoms with van der Waals surface area (Å²) in [5.41, 5.74) is 0. The number of hydrogen-bond acceptors (Lipinski definition) is 1. The standard InChI is InChI=1S/C4H6NS/c1-2-4-6-5-3-1/h2-4,6H,1H2. The average molecular weight is 100 g/mol. The maximum Gasteiger partial charge on any atom is 0.0155 e. The average Bonchev–Trinajstić information content (AvgIpc) is 1.72. The summed E-state index contributed by atoms with van der Waals surface area (Å²) < 4.78 is 3.94. The van der Waals surface area contributed by atoms with Crippen molar-refractivity contribution in [2.45, 2.75) is 6.42 Å². The first-order valence-electron chi connectivity index (χ1n) is 1.87. The molecular formula is C4H6NS. The number of rotatable bonds is 0. The lowest BCUT2D eigenvalue weighted by Gasteiger charge is -1.88.